The fourth-order valence-corrected chi connectivity index (χ4v) is 3.44. The number of ether oxygens (including phenoxy) is 2. The summed E-state index contributed by atoms with van der Waals surface area (Å²) < 4.78 is 11.2. The van der Waals surface area contributed by atoms with Crippen LogP contribution in [0.15, 0.2) is 29.3 Å². The predicted molar refractivity (Wildman–Crippen MR) is 126 cm³/mol. The van der Waals surface area contributed by atoms with E-state index < -0.39 is 0 Å². The molecule has 0 radical (unpaired) electrons. The first-order valence-electron chi connectivity index (χ1n) is 10.6. The van der Waals surface area contributed by atoms with Crippen LogP contribution in [0, 0.1) is 11.8 Å². The van der Waals surface area contributed by atoms with Crippen LogP contribution in [0.4, 0.5) is 0 Å². The molecule has 0 amide bonds. The van der Waals surface area contributed by atoms with E-state index in [2.05, 4.69) is 23.2 Å². The van der Waals surface area contributed by atoms with Gasteiger partial charge in [-0.15, -0.1) is 24.0 Å². The van der Waals surface area contributed by atoms with E-state index in [1.807, 2.05) is 25.1 Å². The van der Waals surface area contributed by atoms with Gasteiger partial charge in [-0.3, -0.25) is 4.79 Å². The summed E-state index contributed by atoms with van der Waals surface area (Å²) in [5, 5.41) is 3.39. The third kappa shape index (κ3) is 7.35. The second kappa shape index (κ2) is 12.2. The molecule has 0 spiro atoms. The molecule has 0 bridgehead atoms. The molecule has 1 aliphatic carbocycles. The van der Waals surface area contributed by atoms with Crippen molar-refractivity contribution < 1.29 is 14.3 Å². The lowest BCUT2D eigenvalue weighted by atomic mass is 9.97. The van der Waals surface area contributed by atoms with Gasteiger partial charge in [-0.25, -0.2) is 4.99 Å². The molecule has 1 saturated heterocycles. The molecule has 2 aliphatic rings. The Morgan fingerprint density at radius 3 is 2.55 bits per heavy atom. The number of aliphatic imine (C=N–C) groups is 1. The van der Waals surface area contributed by atoms with Crippen molar-refractivity contribution in [1.82, 2.24) is 10.2 Å². The maximum Gasteiger partial charge on any atom is 0.309 e. The molecule has 1 N–H and O–H groups in total. The Bertz CT molecular complexity index is 671. The van der Waals surface area contributed by atoms with Gasteiger partial charge >= 0.3 is 5.97 Å². The van der Waals surface area contributed by atoms with Crippen molar-refractivity contribution in [3.05, 3.63) is 29.8 Å². The Kier molecular flexibility index (Phi) is 10.0. The molecule has 29 heavy (non-hydrogen) atoms. The van der Waals surface area contributed by atoms with Crippen molar-refractivity contribution in [1.29, 1.82) is 0 Å². The van der Waals surface area contributed by atoms with Crippen LogP contribution >= 0.6 is 24.0 Å². The fraction of sp³-hybridized carbons (Fsp3) is 0.636. The van der Waals surface area contributed by atoms with E-state index >= 15 is 0 Å². The molecule has 0 unspecified atom stereocenters. The number of rotatable bonds is 8. The molecule has 1 heterocycles. The molecule has 1 aromatic rings. The van der Waals surface area contributed by atoms with Crippen LogP contribution in [0.25, 0.3) is 0 Å². The molecular weight excluding hydrogens is 481 g/mol. The van der Waals surface area contributed by atoms with Crippen molar-refractivity contribution in [2.45, 2.75) is 46.1 Å². The highest BCUT2D eigenvalue weighted by atomic mass is 127. The topological polar surface area (TPSA) is 63.2 Å². The summed E-state index contributed by atoms with van der Waals surface area (Å²) >= 11 is 0. The van der Waals surface area contributed by atoms with E-state index in [4.69, 9.17) is 14.5 Å². The monoisotopic (exact) mass is 515 g/mol. The fourth-order valence-electron chi connectivity index (χ4n) is 3.44. The van der Waals surface area contributed by atoms with Crippen LogP contribution in [0.5, 0.6) is 5.75 Å². The lowest BCUT2D eigenvalue weighted by molar-refractivity contribution is -0.149. The number of nitrogens with zero attached hydrogens (tertiary/aromatic N) is 2. The predicted octanol–water partition coefficient (Wildman–Crippen LogP) is 3.83. The highest BCUT2D eigenvalue weighted by Gasteiger charge is 2.27. The molecule has 1 aliphatic heterocycles. The lowest BCUT2D eigenvalue weighted by Crippen LogP contribution is -2.46. The third-order valence-corrected chi connectivity index (χ3v) is 5.29. The molecule has 7 heteroatoms. The Labute approximate surface area is 191 Å². The van der Waals surface area contributed by atoms with Crippen LogP contribution in [0.1, 0.15) is 45.1 Å². The number of benzene rings is 1. The van der Waals surface area contributed by atoms with E-state index in [1.54, 1.807) is 0 Å². The second-order valence-corrected chi connectivity index (χ2v) is 7.55. The van der Waals surface area contributed by atoms with Gasteiger partial charge in [-0.05, 0) is 51.5 Å². The molecule has 1 aromatic carbocycles. The summed E-state index contributed by atoms with van der Waals surface area (Å²) in [7, 11) is 0. The molecule has 3 rings (SSSR count). The molecule has 1 saturated carbocycles. The number of carbonyl (C=O) groups excluding carboxylic acids is 1. The van der Waals surface area contributed by atoms with E-state index in [1.165, 1.54) is 12.8 Å². The normalized spacial score (nSPS) is 17.4. The average Bonchev–Trinajstić information content (AvgIpc) is 3.55. The Hall–Kier alpha value is -1.51. The Morgan fingerprint density at radius 2 is 1.90 bits per heavy atom. The number of esters is 1. The van der Waals surface area contributed by atoms with Crippen molar-refractivity contribution in [3.8, 4) is 5.75 Å². The summed E-state index contributed by atoms with van der Waals surface area (Å²) in [4.78, 5) is 19.1. The smallest absolute Gasteiger partial charge is 0.309 e. The van der Waals surface area contributed by atoms with Crippen molar-refractivity contribution in [2.75, 3.05) is 32.8 Å². The Morgan fingerprint density at radius 1 is 1.17 bits per heavy atom. The zero-order chi connectivity index (χ0) is 19.8. The molecular formula is C22H34IN3O3. The van der Waals surface area contributed by atoms with Gasteiger partial charge in [0.1, 0.15) is 5.75 Å². The molecule has 0 atom stereocenters. The van der Waals surface area contributed by atoms with Crippen molar-refractivity contribution in [2.24, 2.45) is 16.8 Å². The summed E-state index contributed by atoms with van der Waals surface area (Å²) in [6, 6.07) is 8.17. The van der Waals surface area contributed by atoms with E-state index in [0.29, 0.717) is 13.2 Å². The van der Waals surface area contributed by atoms with Crippen molar-refractivity contribution in [3.63, 3.8) is 0 Å². The zero-order valence-corrected chi connectivity index (χ0v) is 19.9. The SMILES string of the molecule is CCNC(=NCc1ccccc1OCC1CC1)N1CCC(C(=O)OCC)CC1.I. The van der Waals surface area contributed by atoms with Crippen LogP contribution in [0.2, 0.25) is 0 Å². The average molecular weight is 515 g/mol. The highest BCUT2D eigenvalue weighted by molar-refractivity contribution is 14.0. The van der Waals surface area contributed by atoms with Gasteiger partial charge in [0.15, 0.2) is 5.96 Å². The number of likely N-dealkylation sites (tertiary alicyclic amines) is 1. The molecule has 2 fully saturated rings. The van der Waals surface area contributed by atoms with Crippen LogP contribution < -0.4 is 10.1 Å². The number of para-hydroxylation sites is 1. The van der Waals surface area contributed by atoms with Crippen LogP contribution in [-0.2, 0) is 16.1 Å². The number of hydrogen-bond acceptors (Lipinski definition) is 4. The first kappa shape index (κ1) is 23.8. The largest absolute Gasteiger partial charge is 0.493 e. The summed E-state index contributed by atoms with van der Waals surface area (Å²) in [5.74, 6) is 2.52. The molecule has 0 aromatic heterocycles. The third-order valence-electron chi connectivity index (χ3n) is 5.29. The van der Waals surface area contributed by atoms with Gasteiger partial charge in [-0.1, -0.05) is 18.2 Å². The zero-order valence-electron chi connectivity index (χ0n) is 17.6. The van der Waals surface area contributed by atoms with E-state index in [-0.39, 0.29) is 35.9 Å². The van der Waals surface area contributed by atoms with Crippen molar-refractivity contribution >= 4 is 35.9 Å². The Balaban J connectivity index is 0.00000300. The van der Waals surface area contributed by atoms with Gasteiger partial charge in [0, 0.05) is 25.2 Å². The minimum Gasteiger partial charge on any atom is -0.493 e. The van der Waals surface area contributed by atoms with E-state index in [9.17, 15) is 4.79 Å². The maximum atomic E-state index is 12.0. The molecule has 162 valence electrons. The quantitative estimate of drug-likeness (QED) is 0.247. The van der Waals surface area contributed by atoms with Crippen LogP contribution in [-0.4, -0.2) is 49.7 Å². The minimum atomic E-state index is -0.0640. The van der Waals surface area contributed by atoms with Gasteiger partial charge in [0.25, 0.3) is 0 Å². The van der Waals surface area contributed by atoms with Gasteiger partial charge in [0.2, 0.25) is 0 Å². The summed E-state index contributed by atoms with van der Waals surface area (Å²) in [6.07, 6.45) is 4.19. The van der Waals surface area contributed by atoms with Crippen LogP contribution in [0.3, 0.4) is 0 Å². The summed E-state index contributed by atoms with van der Waals surface area (Å²) in [5.41, 5.74) is 1.11. The second-order valence-electron chi connectivity index (χ2n) is 7.55. The number of hydrogen-bond donors (Lipinski definition) is 1. The lowest BCUT2D eigenvalue weighted by Gasteiger charge is -2.33. The van der Waals surface area contributed by atoms with Gasteiger partial charge in [-0.2, -0.15) is 0 Å². The first-order valence-corrected chi connectivity index (χ1v) is 10.6. The number of halogens is 1. The summed E-state index contributed by atoms with van der Waals surface area (Å²) in [6.45, 7) is 8.22. The van der Waals surface area contributed by atoms with E-state index in [0.717, 1.165) is 62.3 Å². The van der Waals surface area contributed by atoms with Gasteiger partial charge in [0.05, 0.1) is 25.7 Å². The number of piperidine rings is 1. The molecule has 6 nitrogen and oxygen atoms in total. The number of carbonyl (C=O) groups is 1. The first-order chi connectivity index (χ1) is 13.7. The highest BCUT2D eigenvalue weighted by Crippen LogP contribution is 2.30. The van der Waals surface area contributed by atoms with Gasteiger partial charge < -0.3 is 19.7 Å². The number of guanidine groups is 1. The maximum absolute atomic E-state index is 12.0. The minimum absolute atomic E-state index is 0. The number of nitrogens with one attached hydrogen (secondary N) is 1. The standard InChI is InChI=1S/C22H33N3O3.HI/c1-3-23-22(25-13-11-18(12-14-25)21(26)27-4-2)24-15-19-7-5-6-8-20(19)28-16-17-9-10-17;/h5-8,17-18H,3-4,9-16H2,1-2H3,(H,23,24);1H.